The summed E-state index contributed by atoms with van der Waals surface area (Å²) in [5, 5.41) is 16.6. The Balaban J connectivity index is 3.93. The summed E-state index contributed by atoms with van der Waals surface area (Å²) in [4.78, 5) is 25.1. The monoisotopic (exact) mass is 610 g/mol. The molecule has 0 aromatic heterocycles. The minimum absolute atomic E-state index is 0.157. The quantitative estimate of drug-likeness (QED) is 0.0439. The lowest BCUT2D eigenvalue weighted by atomic mass is 10.0. The highest BCUT2D eigenvalue weighted by Gasteiger charge is 2.36. The van der Waals surface area contributed by atoms with Crippen molar-refractivity contribution in [3.05, 3.63) is 0 Å². The summed E-state index contributed by atoms with van der Waals surface area (Å²) in [5.74, 6) is -0.351. The number of carbonyl (C=O) groups excluding carboxylic acids is 2. The van der Waals surface area contributed by atoms with Crippen LogP contribution in [0.5, 0.6) is 0 Å². The van der Waals surface area contributed by atoms with Gasteiger partial charge in [-0.25, -0.2) is 0 Å². The van der Waals surface area contributed by atoms with E-state index in [4.69, 9.17) is 5.73 Å². The summed E-state index contributed by atoms with van der Waals surface area (Å²) >= 11 is 0. The second-order valence-electron chi connectivity index (χ2n) is 13.3. The maximum Gasteiger partial charge on any atom is 0.222 e. The molecule has 0 fully saturated rings. The van der Waals surface area contributed by atoms with Crippen LogP contribution >= 0.6 is 0 Å². The molecule has 0 aromatic rings. The van der Waals surface area contributed by atoms with Gasteiger partial charge in [-0.15, -0.1) is 0 Å². The lowest BCUT2D eigenvalue weighted by molar-refractivity contribution is -0.135. The van der Waals surface area contributed by atoms with E-state index in [1.54, 1.807) is 0 Å². The van der Waals surface area contributed by atoms with E-state index in [1.165, 1.54) is 128 Å². The van der Waals surface area contributed by atoms with Gasteiger partial charge in [-0.05, 0) is 19.3 Å². The molecule has 2 atom stereocenters. The van der Waals surface area contributed by atoms with Crippen LogP contribution in [0.1, 0.15) is 213 Å². The van der Waals surface area contributed by atoms with E-state index in [2.05, 4.69) is 24.5 Å². The van der Waals surface area contributed by atoms with Crippen molar-refractivity contribution in [1.82, 2.24) is 10.6 Å². The van der Waals surface area contributed by atoms with Gasteiger partial charge in [-0.2, -0.15) is 0 Å². The van der Waals surface area contributed by atoms with Crippen molar-refractivity contribution < 1.29 is 14.7 Å². The number of nitrogens with two attached hydrogens (primary N) is 1. The predicted molar refractivity (Wildman–Crippen MR) is 185 cm³/mol. The molecule has 0 aliphatic rings. The van der Waals surface area contributed by atoms with Crippen molar-refractivity contribution in [3.63, 3.8) is 0 Å². The van der Waals surface area contributed by atoms with Crippen molar-refractivity contribution >= 4 is 11.8 Å². The fraction of sp³-hybridized carbons (Fsp3) is 0.946. The van der Waals surface area contributed by atoms with Crippen LogP contribution in [0.2, 0.25) is 0 Å². The van der Waals surface area contributed by atoms with Gasteiger partial charge < -0.3 is 21.5 Å². The molecule has 0 radical (unpaired) electrons. The fourth-order valence-corrected chi connectivity index (χ4v) is 5.95. The molecule has 0 saturated heterocycles. The first kappa shape index (κ1) is 41.9. The largest absolute Gasteiger partial charge is 0.368 e. The van der Waals surface area contributed by atoms with E-state index in [0.717, 1.165) is 38.5 Å². The van der Waals surface area contributed by atoms with Gasteiger partial charge in [-0.1, -0.05) is 181 Å². The second kappa shape index (κ2) is 30.9. The molecule has 256 valence electrons. The maximum atomic E-state index is 12.6. The number of amides is 2. The zero-order valence-electron chi connectivity index (χ0n) is 29.1. The Morgan fingerprint density at radius 2 is 0.814 bits per heavy atom. The molecule has 0 bridgehead atoms. The molecule has 0 saturated carbocycles. The first-order valence-electron chi connectivity index (χ1n) is 19.0. The van der Waals surface area contributed by atoms with Crippen molar-refractivity contribution in [2.24, 2.45) is 5.73 Å². The van der Waals surface area contributed by atoms with Gasteiger partial charge in [0, 0.05) is 12.8 Å². The molecule has 2 amide bonds. The lowest BCUT2D eigenvalue weighted by Crippen LogP contribution is -2.66. The van der Waals surface area contributed by atoms with Crippen LogP contribution < -0.4 is 16.4 Å². The molecule has 5 N–H and O–H groups in total. The summed E-state index contributed by atoms with van der Waals surface area (Å²) in [6, 6.07) is 0. The molecule has 0 aliphatic heterocycles. The van der Waals surface area contributed by atoms with Gasteiger partial charge in [0.05, 0.1) is 0 Å². The SMILES string of the molecule is CCCCCCCCCCCCCCCC(=O)NC(N)C(O)(CCC)NC(=O)CCCCCCCCCCCCCCC. The molecular weight excluding hydrogens is 534 g/mol. The molecule has 6 heteroatoms. The summed E-state index contributed by atoms with van der Waals surface area (Å²) in [5.41, 5.74) is 4.59. The van der Waals surface area contributed by atoms with Gasteiger partial charge in [0.2, 0.25) is 11.8 Å². The maximum absolute atomic E-state index is 12.6. The second-order valence-corrected chi connectivity index (χ2v) is 13.3. The minimum Gasteiger partial charge on any atom is -0.368 e. The minimum atomic E-state index is -1.62. The molecule has 2 unspecified atom stereocenters. The third-order valence-corrected chi connectivity index (χ3v) is 8.83. The highest BCUT2D eigenvalue weighted by Crippen LogP contribution is 2.16. The van der Waals surface area contributed by atoms with Crippen LogP contribution in [0.15, 0.2) is 0 Å². The van der Waals surface area contributed by atoms with Crippen LogP contribution in [0.4, 0.5) is 0 Å². The van der Waals surface area contributed by atoms with Crippen molar-refractivity contribution in [2.45, 2.75) is 225 Å². The highest BCUT2D eigenvalue weighted by molar-refractivity contribution is 5.78. The third-order valence-electron chi connectivity index (χ3n) is 8.83. The van der Waals surface area contributed by atoms with Gasteiger partial charge in [0.25, 0.3) is 0 Å². The van der Waals surface area contributed by atoms with Gasteiger partial charge in [-0.3, -0.25) is 9.59 Å². The lowest BCUT2D eigenvalue weighted by Gasteiger charge is -2.35. The number of carbonyl (C=O) groups is 2. The number of aliphatic hydroxyl groups is 1. The Bertz CT molecular complexity index is 630. The normalized spacial score (nSPS) is 13.5. The van der Waals surface area contributed by atoms with Crippen molar-refractivity contribution in [3.8, 4) is 0 Å². The average molecular weight is 610 g/mol. The summed E-state index contributed by atoms with van der Waals surface area (Å²) in [6.07, 6.45) is 33.5. The number of nitrogens with one attached hydrogen (secondary N) is 2. The Morgan fingerprint density at radius 1 is 0.512 bits per heavy atom. The van der Waals surface area contributed by atoms with E-state index in [0.29, 0.717) is 25.7 Å². The molecule has 0 aromatic carbocycles. The van der Waals surface area contributed by atoms with Gasteiger partial charge in [0.15, 0.2) is 5.72 Å². The van der Waals surface area contributed by atoms with E-state index in [-0.39, 0.29) is 11.8 Å². The van der Waals surface area contributed by atoms with Crippen LogP contribution in [-0.2, 0) is 9.59 Å². The topological polar surface area (TPSA) is 104 Å². The Morgan fingerprint density at radius 3 is 1.14 bits per heavy atom. The van der Waals surface area contributed by atoms with E-state index >= 15 is 0 Å². The Hall–Kier alpha value is -1.14. The molecule has 0 aliphatic carbocycles. The standard InChI is InChI=1S/C37H75N3O3/c1-4-7-9-11-13-15-17-19-21-23-25-27-29-31-34(41)39-36(38)37(43,33-6-3)40-35(42)32-30-28-26-24-22-20-18-16-14-12-10-8-5-2/h36,43H,4-33,38H2,1-3H3,(H,39,41)(H,40,42). The number of hydrogen-bond acceptors (Lipinski definition) is 4. The molecule has 0 rings (SSSR count). The van der Waals surface area contributed by atoms with Crippen LogP contribution in [-0.4, -0.2) is 28.8 Å². The molecular formula is C37H75N3O3. The zero-order valence-corrected chi connectivity index (χ0v) is 29.1. The van der Waals surface area contributed by atoms with Crippen molar-refractivity contribution in [1.29, 1.82) is 0 Å². The molecule has 0 heterocycles. The number of hydrogen-bond donors (Lipinski definition) is 4. The Labute approximate surface area is 267 Å². The third kappa shape index (κ3) is 26.9. The van der Waals surface area contributed by atoms with Gasteiger partial charge >= 0.3 is 0 Å². The fourth-order valence-electron chi connectivity index (χ4n) is 5.95. The van der Waals surface area contributed by atoms with E-state index in [9.17, 15) is 14.7 Å². The first-order valence-corrected chi connectivity index (χ1v) is 19.0. The van der Waals surface area contributed by atoms with Crippen LogP contribution in [0.3, 0.4) is 0 Å². The molecule has 43 heavy (non-hydrogen) atoms. The first-order chi connectivity index (χ1) is 20.9. The van der Waals surface area contributed by atoms with Crippen molar-refractivity contribution in [2.75, 3.05) is 0 Å². The average Bonchev–Trinajstić information content (AvgIpc) is 2.98. The van der Waals surface area contributed by atoms with E-state index in [1.807, 2.05) is 6.92 Å². The predicted octanol–water partition coefficient (Wildman–Crippen LogP) is 9.95. The number of unbranched alkanes of at least 4 members (excludes halogenated alkanes) is 24. The highest BCUT2D eigenvalue weighted by atomic mass is 16.3. The Kier molecular flexibility index (Phi) is 30.0. The molecule has 0 spiro atoms. The summed E-state index contributed by atoms with van der Waals surface area (Å²) in [7, 11) is 0. The zero-order chi connectivity index (χ0) is 31.9. The van der Waals surface area contributed by atoms with E-state index < -0.39 is 11.9 Å². The summed E-state index contributed by atoms with van der Waals surface area (Å²) in [6.45, 7) is 6.46. The smallest absolute Gasteiger partial charge is 0.222 e. The van der Waals surface area contributed by atoms with Crippen LogP contribution in [0, 0.1) is 0 Å². The van der Waals surface area contributed by atoms with Gasteiger partial charge in [0.1, 0.15) is 6.17 Å². The van der Waals surface area contributed by atoms with Crippen LogP contribution in [0.25, 0.3) is 0 Å². The summed E-state index contributed by atoms with van der Waals surface area (Å²) < 4.78 is 0. The number of rotatable bonds is 33. The molecule has 6 nitrogen and oxygen atoms in total.